The molecule has 2 aliphatic heterocycles. The monoisotopic (exact) mass is 322 g/mol. The molecule has 0 saturated carbocycles. The number of hydrogen-bond donors (Lipinski definition) is 0. The van der Waals surface area contributed by atoms with Crippen LogP contribution >= 0.6 is 0 Å². The third kappa shape index (κ3) is 1.88. The number of hydrogen-bond acceptors (Lipinski definition) is 4. The van der Waals surface area contributed by atoms with Crippen molar-refractivity contribution in [1.82, 2.24) is 0 Å². The van der Waals surface area contributed by atoms with E-state index in [1.165, 1.54) is 16.9 Å². The third-order valence-corrected chi connectivity index (χ3v) is 4.09. The van der Waals surface area contributed by atoms with E-state index < -0.39 is 11.8 Å². The number of rotatable bonds is 2. The van der Waals surface area contributed by atoms with E-state index in [1.54, 1.807) is 36.4 Å². The molecule has 24 heavy (non-hydrogen) atoms. The maximum absolute atomic E-state index is 12.6. The molecule has 2 aliphatic rings. The molecule has 1 aromatic heterocycles. The molecular weight excluding hydrogens is 310 g/mol. The number of imide groups is 2. The molecule has 0 atom stereocenters. The van der Waals surface area contributed by atoms with Crippen LogP contribution in [0.3, 0.4) is 0 Å². The van der Waals surface area contributed by atoms with Gasteiger partial charge in [-0.1, -0.05) is 23.2 Å². The molecule has 2 aromatic rings. The smallest absolute Gasteiger partial charge is 0.265 e. The van der Waals surface area contributed by atoms with Gasteiger partial charge in [0.05, 0.1) is 24.0 Å². The van der Waals surface area contributed by atoms with Gasteiger partial charge in [0, 0.05) is 6.07 Å². The summed E-state index contributed by atoms with van der Waals surface area (Å²) in [5, 5.41) is 0.943. The lowest BCUT2D eigenvalue weighted by atomic mass is 10.1. The van der Waals surface area contributed by atoms with Crippen LogP contribution in [0.25, 0.3) is 0 Å². The number of nitrogens with zero attached hydrogens (tertiary/aromatic N) is 3. The van der Waals surface area contributed by atoms with Crippen molar-refractivity contribution in [2.45, 2.75) is 12.8 Å². The summed E-state index contributed by atoms with van der Waals surface area (Å²) in [7, 11) is 0. The van der Waals surface area contributed by atoms with E-state index >= 15 is 0 Å². The summed E-state index contributed by atoms with van der Waals surface area (Å²) in [6, 6.07) is 11.3. The van der Waals surface area contributed by atoms with Crippen molar-refractivity contribution >= 4 is 29.4 Å². The van der Waals surface area contributed by atoms with Gasteiger partial charge in [-0.3, -0.25) is 9.59 Å². The number of benzene rings is 1. The van der Waals surface area contributed by atoms with E-state index in [0.29, 0.717) is 11.1 Å². The van der Waals surface area contributed by atoms with Gasteiger partial charge in [-0.2, -0.15) is 0 Å². The molecule has 0 bridgehead atoms. The van der Waals surface area contributed by atoms with E-state index in [2.05, 4.69) is 0 Å². The molecule has 4 amide bonds. The van der Waals surface area contributed by atoms with Gasteiger partial charge < -0.3 is 0 Å². The van der Waals surface area contributed by atoms with Gasteiger partial charge in [-0.15, -0.1) is 9.58 Å². The lowest BCUT2D eigenvalue weighted by molar-refractivity contribution is -0.658. The van der Waals surface area contributed by atoms with Crippen molar-refractivity contribution in [1.29, 1.82) is 0 Å². The minimum atomic E-state index is -0.493. The van der Waals surface area contributed by atoms with Gasteiger partial charge in [0.1, 0.15) is 6.20 Å². The summed E-state index contributed by atoms with van der Waals surface area (Å²) >= 11 is 0. The second-order valence-electron chi connectivity index (χ2n) is 5.49. The van der Waals surface area contributed by atoms with Crippen LogP contribution in [0, 0.1) is 0 Å². The van der Waals surface area contributed by atoms with E-state index in [4.69, 9.17) is 0 Å². The van der Waals surface area contributed by atoms with Gasteiger partial charge in [-0.25, -0.2) is 9.59 Å². The quantitative estimate of drug-likeness (QED) is 0.598. The van der Waals surface area contributed by atoms with Crippen LogP contribution in [0.2, 0.25) is 0 Å². The Balaban J connectivity index is 1.85. The van der Waals surface area contributed by atoms with Gasteiger partial charge in [0.15, 0.2) is 0 Å². The first-order valence-electron chi connectivity index (χ1n) is 7.44. The Labute approximate surface area is 136 Å². The predicted molar refractivity (Wildman–Crippen MR) is 81.7 cm³/mol. The molecule has 4 rings (SSSR count). The van der Waals surface area contributed by atoms with Crippen molar-refractivity contribution in [2.24, 2.45) is 0 Å². The highest BCUT2D eigenvalue weighted by Gasteiger charge is 2.45. The van der Waals surface area contributed by atoms with Crippen LogP contribution in [0.5, 0.6) is 0 Å². The minimum absolute atomic E-state index is 0.121. The highest BCUT2D eigenvalue weighted by Crippen LogP contribution is 2.23. The van der Waals surface area contributed by atoms with Crippen molar-refractivity contribution in [3.63, 3.8) is 0 Å². The minimum Gasteiger partial charge on any atom is -0.265 e. The molecule has 118 valence electrons. The average molecular weight is 322 g/mol. The van der Waals surface area contributed by atoms with Gasteiger partial charge in [0.2, 0.25) is 0 Å². The first kappa shape index (κ1) is 14.3. The van der Waals surface area contributed by atoms with Crippen LogP contribution in [-0.2, 0) is 9.59 Å². The molecule has 0 spiro atoms. The summed E-state index contributed by atoms with van der Waals surface area (Å²) in [4.78, 5) is 50.4. The average Bonchev–Trinajstić information content (AvgIpc) is 3.06. The topological polar surface area (TPSA) is 78.6 Å². The maximum atomic E-state index is 12.6. The zero-order valence-electron chi connectivity index (χ0n) is 12.5. The molecule has 7 nitrogen and oxygen atoms in total. The molecule has 0 aliphatic carbocycles. The molecule has 1 aromatic carbocycles. The highest BCUT2D eigenvalue weighted by molar-refractivity contribution is 6.29. The standard InChI is InChI=1S/C17H12N3O4/c21-14-8-9-15(22)19(14)13-7-3-4-10-18(13)20-16(23)11-5-1-2-6-12(11)17(20)24/h1-7,10H,8-9H2/q+1. The third-order valence-electron chi connectivity index (χ3n) is 4.09. The Morgan fingerprint density at radius 3 is 1.88 bits per heavy atom. The molecular formula is C17H12N3O4+. The molecule has 0 unspecified atom stereocenters. The largest absolute Gasteiger partial charge is 0.317 e. The summed E-state index contributed by atoms with van der Waals surface area (Å²) in [5.74, 6) is -1.51. The number of pyridine rings is 1. The van der Waals surface area contributed by atoms with Gasteiger partial charge >= 0.3 is 17.6 Å². The second kappa shape index (κ2) is 5.09. The van der Waals surface area contributed by atoms with E-state index in [9.17, 15) is 19.2 Å². The van der Waals surface area contributed by atoms with Crippen LogP contribution in [0.1, 0.15) is 33.6 Å². The number of amides is 4. The van der Waals surface area contributed by atoms with E-state index in [1.807, 2.05) is 0 Å². The zero-order chi connectivity index (χ0) is 16.8. The lowest BCUT2D eigenvalue weighted by Gasteiger charge is -2.16. The van der Waals surface area contributed by atoms with Crippen LogP contribution in [0.4, 0.5) is 5.82 Å². The van der Waals surface area contributed by atoms with Crippen LogP contribution in [-0.4, -0.2) is 23.6 Å². The Kier molecular flexibility index (Phi) is 3.02. The number of carbonyl (C=O) groups excluding carboxylic acids is 4. The second-order valence-corrected chi connectivity index (χ2v) is 5.49. The Bertz CT molecular complexity index is 871. The normalized spacial score (nSPS) is 17.0. The van der Waals surface area contributed by atoms with Crippen molar-refractivity contribution in [3.05, 3.63) is 59.8 Å². The molecule has 3 heterocycles. The first-order chi connectivity index (χ1) is 11.6. The fourth-order valence-corrected chi connectivity index (χ4v) is 2.98. The lowest BCUT2D eigenvalue weighted by Crippen LogP contribution is -2.63. The molecule has 7 heteroatoms. The summed E-state index contributed by atoms with van der Waals surface area (Å²) in [6.45, 7) is 0. The molecule has 1 fully saturated rings. The SMILES string of the molecule is O=C1CCC(=O)N1c1cccc[n+]1N1C(=O)c2ccccc2C1=O. The molecule has 0 radical (unpaired) electrons. The van der Waals surface area contributed by atoms with Crippen LogP contribution < -0.4 is 14.6 Å². The highest BCUT2D eigenvalue weighted by atomic mass is 16.2. The van der Waals surface area contributed by atoms with Gasteiger partial charge in [0.25, 0.3) is 11.8 Å². The summed E-state index contributed by atoms with van der Waals surface area (Å²) < 4.78 is 1.26. The van der Waals surface area contributed by atoms with Crippen LogP contribution in [0.15, 0.2) is 48.7 Å². The Morgan fingerprint density at radius 2 is 1.29 bits per heavy atom. The molecule has 1 saturated heterocycles. The van der Waals surface area contributed by atoms with E-state index in [-0.39, 0.29) is 30.5 Å². The fraction of sp³-hybridized carbons (Fsp3) is 0.118. The summed E-state index contributed by atoms with van der Waals surface area (Å²) in [6.07, 6.45) is 1.72. The fourth-order valence-electron chi connectivity index (χ4n) is 2.98. The van der Waals surface area contributed by atoms with Gasteiger partial charge in [-0.05, 0) is 18.2 Å². The Hall–Kier alpha value is -3.35. The number of anilines is 1. The maximum Gasteiger partial charge on any atom is 0.317 e. The number of fused-ring (bicyclic) bond motifs is 1. The predicted octanol–water partition coefficient (Wildman–Crippen LogP) is 0.560. The van der Waals surface area contributed by atoms with E-state index in [0.717, 1.165) is 9.91 Å². The number of aromatic nitrogens is 1. The summed E-state index contributed by atoms with van der Waals surface area (Å²) in [5.41, 5.74) is 0.591. The molecule has 0 N–H and O–H groups in total. The van der Waals surface area contributed by atoms with Crippen molar-refractivity contribution in [3.8, 4) is 0 Å². The Morgan fingerprint density at radius 1 is 0.750 bits per heavy atom. The number of carbonyl (C=O) groups is 4. The zero-order valence-corrected chi connectivity index (χ0v) is 12.5. The van der Waals surface area contributed by atoms with Crippen molar-refractivity contribution in [2.75, 3.05) is 9.91 Å². The van der Waals surface area contributed by atoms with Crippen molar-refractivity contribution < 1.29 is 23.9 Å². The first-order valence-corrected chi connectivity index (χ1v) is 7.44.